The maximum atomic E-state index is 11.8. The van der Waals surface area contributed by atoms with E-state index in [1.807, 2.05) is 37.3 Å². The van der Waals surface area contributed by atoms with Crippen LogP contribution in [0.15, 0.2) is 34.9 Å². The van der Waals surface area contributed by atoms with Gasteiger partial charge in [-0.1, -0.05) is 56.3 Å². The Morgan fingerprint density at radius 3 is 2.48 bits per heavy atom. The van der Waals surface area contributed by atoms with Crippen LogP contribution in [0, 0.1) is 0 Å². The maximum Gasteiger partial charge on any atom is 0.303 e. The Balaban J connectivity index is 1.94. The molecule has 1 aromatic heterocycles. The van der Waals surface area contributed by atoms with Crippen molar-refractivity contribution in [1.82, 2.24) is 15.0 Å². The molecule has 1 saturated heterocycles. The first-order valence-corrected chi connectivity index (χ1v) is 14.3. The smallest absolute Gasteiger partial charge is 0.303 e. The predicted octanol–water partition coefficient (Wildman–Crippen LogP) is 5.34. The lowest BCUT2D eigenvalue weighted by atomic mass is 9.99. The molecule has 31 heavy (non-hydrogen) atoms. The molecule has 1 fully saturated rings. The Bertz CT molecular complexity index is 913. The fourth-order valence-electron chi connectivity index (χ4n) is 3.47. The normalized spacial score (nSPS) is 24.8. The number of halogens is 1. The molecule has 9 heteroatoms. The highest BCUT2D eigenvalue weighted by atomic mass is 79.9. The van der Waals surface area contributed by atoms with E-state index in [0.717, 1.165) is 15.9 Å². The fourth-order valence-corrected chi connectivity index (χ4v) is 5.27. The monoisotopic (exact) mass is 509 g/mol. The van der Waals surface area contributed by atoms with E-state index in [2.05, 4.69) is 60.1 Å². The number of benzene rings is 1. The second-order valence-electron chi connectivity index (χ2n) is 9.57. The van der Waals surface area contributed by atoms with Crippen molar-refractivity contribution < 1.29 is 18.7 Å². The van der Waals surface area contributed by atoms with E-state index >= 15 is 0 Å². The van der Waals surface area contributed by atoms with Crippen molar-refractivity contribution in [3.63, 3.8) is 0 Å². The minimum absolute atomic E-state index is 0.0517. The molecule has 0 unspecified atom stereocenters. The third-order valence-electron chi connectivity index (χ3n) is 6.18. The van der Waals surface area contributed by atoms with E-state index in [9.17, 15) is 4.79 Å². The van der Waals surface area contributed by atoms with Gasteiger partial charge in [-0.15, -0.1) is 5.10 Å². The van der Waals surface area contributed by atoms with Gasteiger partial charge in [0, 0.05) is 18.9 Å². The van der Waals surface area contributed by atoms with E-state index in [1.165, 1.54) is 6.92 Å². The van der Waals surface area contributed by atoms with E-state index in [0.29, 0.717) is 6.42 Å². The highest BCUT2D eigenvalue weighted by Gasteiger charge is 2.46. The number of carbonyl (C=O) groups excluding carboxylic acids is 1. The van der Waals surface area contributed by atoms with Crippen LogP contribution in [0.2, 0.25) is 18.1 Å². The first-order valence-electron chi connectivity index (χ1n) is 10.6. The molecule has 3 rings (SSSR count). The maximum absolute atomic E-state index is 11.8. The molecule has 0 radical (unpaired) electrons. The van der Waals surface area contributed by atoms with Crippen molar-refractivity contribution in [3.05, 3.63) is 34.9 Å². The minimum Gasteiger partial charge on any atom is -0.457 e. The van der Waals surface area contributed by atoms with Crippen LogP contribution in [0.3, 0.4) is 0 Å². The zero-order valence-corrected chi connectivity index (χ0v) is 21.8. The molecule has 2 heterocycles. The number of esters is 1. The topological polar surface area (TPSA) is 75.5 Å². The van der Waals surface area contributed by atoms with Crippen LogP contribution in [0.25, 0.3) is 11.3 Å². The van der Waals surface area contributed by atoms with E-state index < -0.39 is 20.7 Å². The average Bonchev–Trinajstić information content (AvgIpc) is 3.04. The Kier molecular flexibility index (Phi) is 7.10. The number of hydrogen-bond donors (Lipinski definition) is 0. The summed E-state index contributed by atoms with van der Waals surface area (Å²) in [5.41, 5.74) is 1.70. The van der Waals surface area contributed by atoms with Crippen molar-refractivity contribution >= 4 is 30.2 Å². The number of nitrogens with zero attached hydrogens (tertiary/aromatic N) is 3. The summed E-state index contributed by atoms with van der Waals surface area (Å²) in [6, 6.07) is 9.57. The predicted molar refractivity (Wildman–Crippen MR) is 125 cm³/mol. The second-order valence-corrected chi connectivity index (χ2v) is 15.1. The lowest BCUT2D eigenvalue weighted by Crippen LogP contribution is -2.52. The summed E-state index contributed by atoms with van der Waals surface area (Å²) in [4.78, 5) is 11.8. The van der Waals surface area contributed by atoms with Crippen molar-refractivity contribution in [2.75, 3.05) is 0 Å². The first-order chi connectivity index (χ1) is 14.4. The van der Waals surface area contributed by atoms with Gasteiger partial charge in [-0.25, -0.2) is 4.68 Å². The Morgan fingerprint density at radius 1 is 1.26 bits per heavy atom. The molecule has 1 aromatic carbocycles. The fraction of sp³-hybridized carbons (Fsp3) is 0.591. The van der Waals surface area contributed by atoms with Gasteiger partial charge in [-0.3, -0.25) is 4.79 Å². The molecule has 0 N–H and O–H groups in total. The lowest BCUT2D eigenvalue weighted by molar-refractivity contribution is -0.215. The molecular formula is C22H32BrN3O4Si. The molecule has 4 atom stereocenters. The zero-order chi connectivity index (χ0) is 23.0. The Hall–Kier alpha value is -1.55. The van der Waals surface area contributed by atoms with Crippen molar-refractivity contribution in [2.24, 2.45) is 0 Å². The van der Waals surface area contributed by atoms with Crippen LogP contribution in [-0.4, -0.2) is 47.8 Å². The molecule has 0 amide bonds. The zero-order valence-electron chi connectivity index (χ0n) is 19.3. The molecule has 0 spiro atoms. The van der Waals surface area contributed by atoms with Crippen molar-refractivity contribution in [3.8, 4) is 11.3 Å². The molecule has 7 nitrogen and oxygen atoms in total. The minimum atomic E-state index is -2.06. The highest BCUT2D eigenvalue weighted by molar-refractivity contribution is 9.10. The summed E-state index contributed by atoms with van der Waals surface area (Å²) < 4.78 is 20.9. The van der Waals surface area contributed by atoms with Gasteiger partial charge in [0.05, 0.1) is 12.1 Å². The summed E-state index contributed by atoms with van der Waals surface area (Å²) in [6.45, 7) is 14.3. The molecule has 1 aliphatic rings. The lowest BCUT2D eigenvalue weighted by Gasteiger charge is -2.44. The van der Waals surface area contributed by atoms with Crippen LogP contribution in [-0.2, 0) is 18.7 Å². The molecule has 0 aliphatic carbocycles. The quantitative estimate of drug-likeness (QED) is 0.400. The third-order valence-corrected chi connectivity index (χ3v) is 11.4. The van der Waals surface area contributed by atoms with Gasteiger partial charge in [-0.2, -0.15) is 0 Å². The molecule has 0 bridgehead atoms. The van der Waals surface area contributed by atoms with E-state index in [-0.39, 0.29) is 23.2 Å². The molecule has 170 valence electrons. The third kappa shape index (κ3) is 5.27. The van der Waals surface area contributed by atoms with Crippen molar-refractivity contribution in [1.29, 1.82) is 0 Å². The van der Waals surface area contributed by atoms with Gasteiger partial charge in [0.2, 0.25) is 0 Å². The number of carbonyl (C=O) groups is 1. The summed E-state index contributed by atoms with van der Waals surface area (Å²) in [5.74, 6) is -0.353. The average molecular weight is 511 g/mol. The number of ether oxygens (including phenoxy) is 2. The Labute approximate surface area is 193 Å². The summed E-state index contributed by atoms with van der Waals surface area (Å²) in [7, 11) is -2.06. The van der Waals surface area contributed by atoms with Gasteiger partial charge in [0.15, 0.2) is 20.7 Å². The number of hydrogen-bond acceptors (Lipinski definition) is 6. The summed E-state index contributed by atoms with van der Waals surface area (Å²) >= 11 is 3.67. The van der Waals surface area contributed by atoms with Gasteiger partial charge in [0.25, 0.3) is 0 Å². The first kappa shape index (κ1) is 24.1. The number of aromatic nitrogens is 3. The summed E-state index contributed by atoms with van der Waals surface area (Å²) in [5, 5.41) is 8.86. The highest BCUT2D eigenvalue weighted by Crippen LogP contribution is 2.41. The van der Waals surface area contributed by atoms with Crippen LogP contribution >= 0.6 is 15.9 Å². The van der Waals surface area contributed by atoms with Crippen LogP contribution in [0.1, 0.15) is 47.1 Å². The van der Waals surface area contributed by atoms with Gasteiger partial charge >= 0.3 is 5.97 Å². The van der Waals surface area contributed by atoms with Gasteiger partial charge in [0.1, 0.15) is 10.3 Å². The second kappa shape index (κ2) is 9.13. The molecule has 0 saturated carbocycles. The van der Waals surface area contributed by atoms with Gasteiger partial charge in [-0.05, 0) is 41.0 Å². The number of rotatable bonds is 5. The summed E-state index contributed by atoms with van der Waals surface area (Å²) in [6.07, 6.45) is -0.763. The van der Waals surface area contributed by atoms with Gasteiger partial charge < -0.3 is 13.9 Å². The van der Waals surface area contributed by atoms with Crippen LogP contribution < -0.4 is 0 Å². The standard InChI is InChI=1S/C22H32BrN3O4Si/c1-14-20(29-15(2)27)17(13-18(28-14)30-31(6,7)22(3,4)5)26-21(23)19(24-25-26)16-11-9-8-10-12-16/h8-12,14,17-18,20H,13H2,1-7H3/t14-,17-,18+,20-/m0/s1. The molecule has 2 aromatic rings. The van der Waals surface area contributed by atoms with E-state index in [1.54, 1.807) is 4.68 Å². The van der Waals surface area contributed by atoms with Crippen LogP contribution in [0.5, 0.6) is 0 Å². The SMILES string of the molecule is CC(=O)O[C@H]1[C@H](C)O[C@H](O[Si](C)(C)C(C)(C)C)C[C@@H]1n1nnc(-c2ccccc2)c1Br. The largest absolute Gasteiger partial charge is 0.457 e. The Morgan fingerprint density at radius 2 is 1.90 bits per heavy atom. The van der Waals surface area contributed by atoms with Crippen LogP contribution in [0.4, 0.5) is 0 Å². The molecular weight excluding hydrogens is 478 g/mol. The molecule has 1 aliphatic heterocycles. The van der Waals surface area contributed by atoms with E-state index in [4.69, 9.17) is 13.9 Å². The van der Waals surface area contributed by atoms with Crippen molar-refractivity contribution in [2.45, 2.75) is 83.7 Å².